The van der Waals surface area contributed by atoms with Crippen LogP contribution in [0, 0.1) is 0 Å². The molecule has 0 amide bonds. The van der Waals surface area contributed by atoms with Crippen LogP contribution in [0.2, 0.25) is 0 Å². The van der Waals surface area contributed by atoms with E-state index in [2.05, 4.69) is 118 Å². The number of hydrogen-bond acceptors (Lipinski definition) is 6. The largest absolute Gasteiger partial charge is 0.462 e. The second kappa shape index (κ2) is 55.9. The Hall–Kier alpha value is -3.67. The van der Waals surface area contributed by atoms with E-state index in [4.69, 9.17) is 14.2 Å². The maximum absolute atomic E-state index is 12.8. The van der Waals surface area contributed by atoms with E-state index >= 15 is 0 Å². The van der Waals surface area contributed by atoms with E-state index in [1.807, 2.05) is 0 Å². The van der Waals surface area contributed by atoms with E-state index in [0.717, 1.165) is 135 Å². The second-order valence-corrected chi connectivity index (χ2v) is 18.5. The van der Waals surface area contributed by atoms with Crippen LogP contribution < -0.4 is 0 Å². The first-order valence-electron chi connectivity index (χ1n) is 28.2. The van der Waals surface area contributed by atoms with E-state index in [0.29, 0.717) is 19.3 Å². The van der Waals surface area contributed by atoms with E-state index in [-0.39, 0.29) is 31.1 Å². The number of allylic oxidation sites excluding steroid dienone is 16. The summed E-state index contributed by atoms with van der Waals surface area (Å²) in [5.74, 6) is -0.928. The summed E-state index contributed by atoms with van der Waals surface area (Å²) < 4.78 is 16.8. The molecule has 0 heterocycles. The van der Waals surface area contributed by atoms with Crippen LogP contribution in [0.15, 0.2) is 97.2 Å². The number of rotatable bonds is 50. The lowest BCUT2D eigenvalue weighted by atomic mass is 10.0. The van der Waals surface area contributed by atoms with Crippen molar-refractivity contribution in [1.29, 1.82) is 0 Å². The maximum Gasteiger partial charge on any atom is 0.306 e. The van der Waals surface area contributed by atoms with Gasteiger partial charge in [-0.05, 0) is 103 Å². The molecule has 0 saturated heterocycles. The summed E-state index contributed by atoms with van der Waals surface area (Å²) in [4.78, 5) is 38.1. The van der Waals surface area contributed by atoms with Gasteiger partial charge in [0.05, 0.1) is 0 Å². The Balaban J connectivity index is 4.42. The Morgan fingerprint density at radius 2 is 0.574 bits per heavy atom. The third-order valence-corrected chi connectivity index (χ3v) is 11.8. The van der Waals surface area contributed by atoms with Gasteiger partial charge < -0.3 is 14.2 Å². The Bertz CT molecular complexity index is 1360. The Labute approximate surface area is 419 Å². The van der Waals surface area contributed by atoms with Gasteiger partial charge in [-0.2, -0.15) is 0 Å². The molecule has 1 unspecified atom stereocenters. The summed E-state index contributed by atoms with van der Waals surface area (Å²) in [5, 5.41) is 0. The highest BCUT2D eigenvalue weighted by molar-refractivity contribution is 5.71. The fourth-order valence-corrected chi connectivity index (χ4v) is 7.59. The van der Waals surface area contributed by atoms with Gasteiger partial charge in [0.25, 0.3) is 0 Å². The first-order valence-corrected chi connectivity index (χ1v) is 28.2. The van der Waals surface area contributed by atoms with E-state index in [1.165, 1.54) is 83.5 Å². The van der Waals surface area contributed by atoms with Crippen LogP contribution in [0.25, 0.3) is 0 Å². The van der Waals surface area contributed by atoms with Crippen molar-refractivity contribution in [3.8, 4) is 0 Å². The topological polar surface area (TPSA) is 78.9 Å². The Morgan fingerprint density at radius 1 is 0.309 bits per heavy atom. The van der Waals surface area contributed by atoms with Crippen molar-refractivity contribution in [3.05, 3.63) is 97.2 Å². The third kappa shape index (κ3) is 53.3. The van der Waals surface area contributed by atoms with E-state index < -0.39 is 6.10 Å². The van der Waals surface area contributed by atoms with Gasteiger partial charge in [0.2, 0.25) is 0 Å². The molecule has 6 nitrogen and oxygen atoms in total. The number of unbranched alkanes of at least 4 members (excludes halogenated alkanes) is 23. The van der Waals surface area contributed by atoms with Gasteiger partial charge in [-0.1, -0.05) is 234 Å². The molecule has 0 saturated carbocycles. The van der Waals surface area contributed by atoms with Crippen molar-refractivity contribution in [3.63, 3.8) is 0 Å². The van der Waals surface area contributed by atoms with Crippen molar-refractivity contribution in [1.82, 2.24) is 0 Å². The summed E-state index contributed by atoms with van der Waals surface area (Å²) in [6.45, 7) is 6.47. The molecule has 0 aromatic heterocycles. The van der Waals surface area contributed by atoms with Gasteiger partial charge in [0.1, 0.15) is 13.2 Å². The molecular formula is C62H104O6. The minimum Gasteiger partial charge on any atom is -0.462 e. The fraction of sp³-hybridized carbons (Fsp3) is 0.694. The highest BCUT2D eigenvalue weighted by Crippen LogP contribution is 2.14. The number of hydrogen-bond donors (Lipinski definition) is 0. The molecule has 0 aliphatic heterocycles. The van der Waals surface area contributed by atoms with Gasteiger partial charge in [-0.3, -0.25) is 14.4 Å². The number of carbonyl (C=O) groups excluding carboxylic acids is 3. The molecule has 1 atom stereocenters. The number of carbonyl (C=O) groups is 3. The molecule has 0 spiro atoms. The average Bonchev–Trinajstić information content (AvgIpc) is 3.34. The number of esters is 3. The Kier molecular flexibility index (Phi) is 52.9. The normalized spacial score (nSPS) is 12.8. The lowest BCUT2D eigenvalue weighted by molar-refractivity contribution is -0.167. The molecule has 0 N–H and O–H groups in total. The van der Waals surface area contributed by atoms with Crippen molar-refractivity contribution in [2.45, 2.75) is 264 Å². The smallest absolute Gasteiger partial charge is 0.306 e. The van der Waals surface area contributed by atoms with Crippen LogP contribution in [0.1, 0.15) is 258 Å². The molecule has 0 bridgehead atoms. The molecular weight excluding hydrogens is 841 g/mol. The van der Waals surface area contributed by atoms with Gasteiger partial charge in [0, 0.05) is 19.3 Å². The SMILES string of the molecule is CC/C=C\C/C=C\C/C=C\C/C=C\C/C=C\C/C=C\CCCCCCC(=O)OCC(COC(=O)CCCCCCCCCCCCCC)OC(=O)CCCCCCC/C=C\C/C=C\CCCCC. The van der Waals surface area contributed by atoms with Gasteiger partial charge in [0.15, 0.2) is 6.10 Å². The molecule has 0 rings (SSSR count). The third-order valence-electron chi connectivity index (χ3n) is 11.8. The van der Waals surface area contributed by atoms with Crippen LogP contribution in [0.3, 0.4) is 0 Å². The molecule has 0 radical (unpaired) electrons. The maximum atomic E-state index is 12.8. The van der Waals surface area contributed by atoms with Gasteiger partial charge >= 0.3 is 17.9 Å². The summed E-state index contributed by atoms with van der Waals surface area (Å²) in [6.07, 6.45) is 73.9. The predicted molar refractivity (Wildman–Crippen MR) is 293 cm³/mol. The monoisotopic (exact) mass is 945 g/mol. The second-order valence-electron chi connectivity index (χ2n) is 18.5. The van der Waals surface area contributed by atoms with Crippen molar-refractivity contribution >= 4 is 17.9 Å². The molecule has 388 valence electrons. The predicted octanol–water partition coefficient (Wildman–Crippen LogP) is 18.9. The molecule has 0 aliphatic carbocycles. The van der Waals surface area contributed by atoms with E-state index in [9.17, 15) is 14.4 Å². The molecule has 0 aromatic carbocycles. The summed E-state index contributed by atoms with van der Waals surface area (Å²) in [7, 11) is 0. The molecule has 0 fully saturated rings. The van der Waals surface area contributed by atoms with Crippen LogP contribution in [-0.2, 0) is 28.6 Å². The van der Waals surface area contributed by atoms with Gasteiger partial charge in [-0.15, -0.1) is 0 Å². The zero-order valence-electron chi connectivity index (χ0n) is 44.3. The highest BCUT2D eigenvalue weighted by Gasteiger charge is 2.19. The molecule has 68 heavy (non-hydrogen) atoms. The van der Waals surface area contributed by atoms with Crippen molar-refractivity contribution < 1.29 is 28.6 Å². The first-order chi connectivity index (χ1) is 33.5. The van der Waals surface area contributed by atoms with Crippen LogP contribution in [0.4, 0.5) is 0 Å². The summed E-state index contributed by atoms with van der Waals surface area (Å²) in [5.41, 5.74) is 0. The van der Waals surface area contributed by atoms with Crippen molar-refractivity contribution in [2.24, 2.45) is 0 Å². The zero-order chi connectivity index (χ0) is 49.3. The quantitative estimate of drug-likeness (QED) is 0.0262. The molecule has 6 heteroatoms. The van der Waals surface area contributed by atoms with Crippen LogP contribution in [0.5, 0.6) is 0 Å². The van der Waals surface area contributed by atoms with Crippen LogP contribution >= 0.6 is 0 Å². The van der Waals surface area contributed by atoms with Gasteiger partial charge in [-0.25, -0.2) is 0 Å². The minimum atomic E-state index is -0.795. The summed E-state index contributed by atoms with van der Waals surface area (Å²) in [6, 6.07) is 0. The summed E-state index contributed by atoms with van der Waals surface area (Å²) >= 11 is 0. The Morgan fingerprint density at radius 3 is 0.926 bits per heavy atom. The van der Waals surface area contributed by atoms with E-state index in [1.54, 1.807) is 0 Å². The van der Waals surface area contributed by atoms with Crippen molar-refractivity contribution in [2.75, 3.05) is 13.2 Å². The molecule has 0 aliphatic rings. The standard InChI is InChI=1S/C62H104O6/c1-4-7-10-13-16-19-22-25-27-28-29-30-31-32-33-34-36-37-40-43-46-49-52-55-61(64)67-58-59(57-66-60(63)54-51-48-45-42-39-24-21-18-15-12-9-6-3)68-62(65)56-53-50-47-44-41-38-35-26-23-20-17-14-11-8-5-2/h7,10,16-17,19-20,25-27,29-30,32-33,35-37,59H,4-6,8-9,11-15,18,21-24,28,31,34,38-58H2,1-3H3/b10-7-,19-16-,20-17-,27-25-,30-29-,33-32-,35-26-,37-36-. The highest BCUT2D eigenvalue weighted by atomic mass is 16.6. The fourth-order valence-electron chi connectivity index (χ4n) is 7.59. The first kappa shape index (κ1) is 64.3. The minimum absolute atomic E-state index is 0.0904. The lowest BCUT2D eigenvalue weighted by Gasteiger charge is -2.18. The number of ether oxygens (including phenoxy) is 3. The van der Waals surface area contributed by atoms with Crippen LogP contribution in [-0.4, -0.2) is 37.2 Å². The lowest BCUT2D eigenvalue weighted by Crippen LogP contribution is -2.30. The average molecular weight is 946 g/mol. The zero-order valence-corrected chi connectivity index (χ0v) is 44.3. The molecule has 0 aromatic rings.